The van der Waals surface area contributed by atoms with Crippen LogP contribution in [-0.4, -0.2) is 4.57 Å². The molecule has 1 heterocycles. The molecule has 7 rings (SSSR count). The van der Waals surface area contributed by atoms with Crippen LogP contribution in [0.2, 0.25) is 0 Å². The maximum atomic E-state index is 2.38. The molecule has 7 aromatic rings. The lowest BCUT2D eigenvalue weighted by Gasteiger charge is -2.27. The summed E-state index contributed by atoms with van der Waals surface area (Å²) in [4.78, 5) is 2.38. The number of para-hydroxylation sites is 2. The molecule has 0 N–H and O–H groups in total. The molecular formula is C35H26N2. The second-order valence-corrected chi connectivity index (χ2v) is 9.54. The molecule has 0 aliphatic heterocycles. The topological polar surface area (TPSA) is 8.17 Å². The van der Waals surface area contributed by atoms with Crippen LogP contribution in [0.4, 0.5) is 17.1 Å². The minimum atomic E-state index is 1.13. The number of aryl methyl sites for hydroxylation is 1. The Morgan fingerprint density at radius 1 is 0.486 bits per heavy atom. The number of benzene rings is 6. The fourth-order valence-electron chi connectivity index (χ4n) is 5.58. The van der Waals surface area contributed by atoms with Gasteiger partial charge in [0.1, 0.15) is 0 Å². The summed E-state index contributed by atoms with van der Waals surface area (Å²) in [6.07, 6.45) is 0. The Bertz CT molecular complexity index is 1880. The fourth-order valence-corrected chi connectivity index (χ4v) is 5.58. The van der Waals surface area contributed by atoms with E-state index in [1.807, 2.05) is 0 Å². The lowest BCUT2D eigenvalue weighted by atomic mass is 10.0. The molecule has 1 aromatic heterocycles. The van der Waals surface area contributed by atoms with Crippen molar-refractivity contribution >= 4 is 49.6 Å². The minimum absolute atomic E-state index is 1.13. The van der Waals surface area contributed by atoms with Crippen molar-refractivity contribution in [1.82, 2.24) is 4.57 Å². The van der Waals surface area contributed by atoms with Gasteiger partial charge in [0.05, 0.1) is 11.2 Å². The summed E-state index contributed by atoms with van der Waals surface area (Å²) in [5.41, 5.74) is 8.32. The van der Waals surface area contributed by atoms with Gasteiger partial charge in [0.25, 0.3) is 0 Å². The zero-order valence-corrected chi connectivity index (χ0v) is 20.7. The number of aromatic nitrogens is 1. The van der Waals surface area contributed by atoms with Crippen molar-refractivity contribution in [2.45, 2.75) is 0 Å². The van der Waals surface area contributed by atoms with Crippen LogP contribution in [0.25, 0.3) is 43.7 Å². The average Bonchev–Trinajstić information content (AvgIpc) is 3.24. The van der Waals surface area contributed by atoms with Gasteiger partial charge >= 0.3 is 0 Å². The van der Waals surface area contributed by atoms with Gasteiger partial charge in [0.15, 0.2) is 0 Å². The SMILES string of the molecule is Cn1c2cc3ccccc3cc2c2cccc(N(c3ccccc3)c3cccc(-c4ccccc4)c3)c21. The second kappa shape index (κ2) is 8.69. The maximum Gasteiger partial charge on any atom is 0.0733 e. The number of hydrogen-bond donors (Lipinski definition) is 0. The predicted octanol–water partition coefficient (Wildman–Crippen LogP) is 9.62. The van der Waals surface area contributed by atoms with Crippen molar-refractivity contribution in [3.8, 4) is 11.1 Å². The smallest absolute Gasteiger partial charge is 0.0733 e. The van der Waals surface area contributed by atoms with Gasteiger partial charge in [-0.05, 0) is 64.4 Å². The Morgan fingerprint density at radius 3 is 1.89 bits per heavy atom. The monoisotopic (exact) mass is 474 g/mol. The first-order valence-corrected chi connectivity index (χ1v) is 12.7. The van der Waals surface area contributed by atoms with Gasteiger partial charge in [-0.25, -0.2) is 0 Å². The van der Waals surface area contributed by atoms with E-state index >= 15 is 0 Å². The fraction of sp³-hybridized carbons (Fsp3) is 0.0286. The van der Waals surface area contributed by atoms with E-state index in [9.17, 15) is 0 Å². The molecule has 37 heavy (non-hydrogen) atoms. The molecule has 176 valence electrons. The first kappa shape index (κ1) is 21.5. The van der Waals surface area contributed by atoms with Crippen molar-refractivity contribution in [1.29, 1.82) is 0 Å². The number of rotatable bonds is 4. The van der Waals surface area contributed by atoms with E-state index in [0.717, 1.165) is 17.1 Å². The van der Waals surface area contributed by atoms with Crippen LogP contribution < -0.4 is 4.90 Å². The van der Waals surface area contributed by atoms with Crippen LogP contribution in [0.3, 0.4) is 0 Å². The third-order valence-electron chi connectivity index (χ3n) is 7.33. The molecule has 0 saturated carbocycles. The molecule has 6 aromatic carbocycles. The first-order chi connectivity index (χ1) is 18.3. The van der Waals surface area contributed by atoms with Crippen molar-refractivity contribution in [3.05, 3.63) is 140 Å². The van der Waals surface area contributed by atoms with E-state index in [4.69, 9.17) is 0 Å². The maximum absolute atomic E-state index is 2.38. The molecule has 0 atom stereocenters. The van der Waals surface area contributed by atoms with E-state index in [1.165, 1.54) is 43.7 Å². The minimum Gasteiger partial charge on any atom is -0.342 e. The first-order valence-electron chi connectivity index (χ1n) is 12.7. The summed E-state index contributed by atoms with van der Waals surface area (Å²) in [5.74, 6) is 0. The zero-order chi connectivity index (χ0) is 24.8. The molecule has 0 aliphatic rings. The molecule has 0 fully saturated rings. The third-order valence-corrected chi connectivity index (χ3v) is 7.33. The third kappa shape index (κ3) is 3.57. The number of fused-ring (bicyclic) bond motifs is 4. The van der Waals surface area contributed by atoms with Gasteiger partial charge in [-0.3, -0.25) is 0 Å². The number of nitrogens with zero attached hydrogens (tertiary/aromatic N) is 2. The summed E-state index contributed by atoms with van der Waals surface area (Å²) in [6, 6.07) is 50.0. The highest BCUT2D eigenvalue weighted by molar-refractivity contribution is 6.16. The van der Waals surface area contributed by atoms with Gasteiger partial charge in [0.2, 0.25) is 0 Å². The molecule has 0 amide bonds. The Kier molecular flexibility index (Phi) is 5.04. The summed E-state index contributed by atoms with van der Waals surface area (Å²) in [5, 5.41) is 5.08. The van der Waals surface area contributed by atoms with Gasteiger partial charge in [-0.2, -0.15) is 0 Å². The molecule has 0 spiro atoms. The van der Waals surface area contributed by atoms with Crippen LogP contribution in [0, 0.1) is 0 Å². The summed E-state index contributed by atoms with van der Waals surface area (Å²) >= 11 is 0. The van der Waals surface area contributed by atoms with Crippen molar-refractivity contribution in [3.63, 3.8) is 0 Å². The number of hydrogen-bond acceptors (Lipinski definition) is 1. The predicted molar refractivity (Wildman–Crippen MR) is 158 cm³/mol. The second-order valence-electron chi connectivity index (χ2n) is 9.54. The Balaban J connectivity index is 1.51. The lowest BCUT2D eigenvalue weighted by molar-refractivity contribution is 1.01. The molecule has 0 saturated heterocycles. The van der Waals surface area contributed by atoms with E-state index in [2.05, 4.69) is 156 Å². The van der Waals surface area contributed by atoms with E-state index in [-0.39, 0.29) is 0 Å². The van der Waals surface area contributed by atoms with Gasteiger partial charge < -0.3 is 9.47 Å². The Hall–Kier alpha value is -4.82. The quantitative estimate of drug-likeness (QED) is 0.246. The normalized spacial score (nSPS) is 11.4. The largest absolute Gasteiger partial charge is 0.342 e. The standard InChI is InChI=1S/C35H26N2/c1-36-34-24-28-15-9-8-14-27(28)23-32(34)31-20-11-21-33(35(31)36)37(29-17-6-3-7-18-29)30-19-10-16-26(22-30)25-12-4-2-5-13-25/h2-24H,1H3. The van der Waals surface area contributed by atoms with Gasteiger partial charge in [-0.1, -0.05) is 97.1 Å². The number of anilines is 3. The van der Waals surface area contributed by atoms with Crippen LogP contribution in [-0.2, 0) is 7.05 Å². The highest BCUT2D eigenvalue weighted by atomic mass is 15.2. The van der Waals surface area contributed by atoms with Crippen molar-refractivity contribution in [2.75, 3.05) is 4.90 Å². The lowest BCUT2D eigenvalue weighted by Crippen LogP contribution is -2.11. The summed E-state index contributed by atoms with van der Waals surface area (Å²) in [7, 11) is 2.19. The van der Waals surface area contributed by atoms with Gasteiger partial charge in [0, 0.05) is 34.7 Å². The molecule has 2 heteroatoms. The van der Waals surface area contributed by atoms with Crippen molar-refractivity contribution in [2.24, 2.45) is 7.05 Å². The average molecular weight is 475 g/mol. The molecule has 2 nitrogen and oxygen atoms in total. The van der Waals surface area contributed by atoms with Crippen LogP contribution in [0.5, 0.6) is 0 Å². The van der Waals surface area contributed by atoms with Gasteiger partial charge in [-0.15, -0.1) is 0 Å². The molecule has 0 radical (unpaired) electrons. The summed E-state index contributed by atoms with van der Waals surface area (Å²) < 4.78 is 2.35. The van der Waals surface area contributed by atoms with E-state index in [0.29, 0.717) is 0 Å². The summed E-state index contributed by atoms with van der Waals surface area (Å²) in [6.45, 7) is 0. The van der Waals surface area contributed by atoms with Crippen LogP contribution >= 0.6 is 0 Å². The molecule has 0 unspecified atom stereocenters. The van der Waals surface area contributed by atoms with Crippen LogP contribution in [0.15, 0.2) is 140 Å². The Morgan fingerprint density at radius 2 is 1.11 bits per heavy atom. The Labute approximate surface area is 216 Å². The van der Waals surface area contributed by atoms with Crippen molar-refractivity contribution < 1.29 is 0 Å². The van der Waals surface area contributed by atoms with E-state index in [1.54, 1.807) is 0 Å². The van der Waals surface area contributed by atoms with Crippen LogP contribution in [0.1, 0.15) is 0 Å². The molecular weight excluding hydrogens is 448 g/mol. The van der Waals surface area contributed by atoms with E-state index < -0.39 is 0 Å². The molecule has 0 bridgehead atoms. The highest BCUT2D eigenvalue weighted by Crippen LogP contribution is 2.43. The zero-order valence-electron chi connectivity index (χ0n) is 20.7. The molecule has 0 aliphatic carbocycles. The highest BCUT2D eigenvalue weighted by Gasteiger charge is 2.20.